The molecule has 0 spiro atoms. The van der Waals surface area contributed by atoms with Crippen LogP contribution in [0.3, 0.4) is 0 Å². The van der Waals surface area contributed by atoms with Gasteiger partial charge in [-0.15, -0.1) is 11.3 Å². The number of Topliss-reactive ketones (excluding diaryl/α,β-unsaturated/α-hetero) is 1. The minimum absolute atomic E-state index is 0.0164. The highest BCUT2D eigenvalue weighted by Crippen LogP contribution is 2.22. The van der Waals surface area contributed by atoms with Crippen LogP contribution in [-0.4, -0.2) is 42.3 Å². The highest BCUT2D eigenvalue weighted by Gasteiger charge is 2.22. The van der Waals surface area contributed by atoms with Crippen LogP contribution < -0.4 is 5.32 Å². The fourth-order valence-corrected chi connectivity index (χ4v) is 3.24. The Hall–Kier alpha value is -0.910. The van der Waals surface area contributed by atoms with Gasteiger partial charge >= 0.3 is 0 Å². The van der Waals surface area contributed by atoms with E-state index in [2.05, 4.69) is 10.2 Å². The SMILES string of the molecule is CC(=O)NC1CCN(CC(=O)c2ccc(Cl)s2)CC1. The van der Waals surface area contributed by atoms with Crippen molar-refractivity contribution in [3.8, 4) is 0 Å². The molecule has 1 aliphatic rings. The summed E-state index contributed by atoms with van der Waals surface area (Å²) < 4.78 is 0.646. The van der Waals surface area contributed by atoms with Crippen molar-refractivity contribution in [2.75, 3.05) is 19.6 Å². The Bertz CT molecular complexity index is 467. The van der Waals surface area contributed by atoms with Crippen LogP contribution in [0.5, 0.6) is 0 Å². The molecule has 1 fully saturated rings. The standard InChI is InChI=1S/C13H17ClN2O2S/c1-9(17)15-10-4-6-16(7-5-10)8-11(18)12-2-3-13(14)19-12/h2-3,10H,4-8H2,1H3,(H,15,17). The lowest BCUT2D eigenvalue weighted by Crippen LogP contribution is -2.45. The molecule has 1 aromatic rings. The van der Waals surface area contributed by atoms with Crippen LogP contribution in [0.4, 0.5) is 0 Å². The molecule has 1 aromatic heterocycles. The first kappa shape index (κ1) is 14.5. The number of nitrogens with zero attached hydrogens (tertiary/aromatic N) is 1. The lowest BCUT2D eigenvalue weighted by Gasteiger charge is -2.31. The van der Waals surface area contributed by atoms with Crippen molar-refractivity contribution in [2.45, 2.75) is 25.8 Å². The summed E-state index contributed by atoms with van der Waals surface area (Å²) in [6.45, 7) is 3.66. The molecule has 1 N–H and O–H groups in total. The van der Waals surface area contributed by atoms with Crippen LogP contribution >= 0.6 is 22.9 Å². The number of nitrogens with one attached hydrogen (secondary N) is 1. The highest BCUT2D eigenvalue weighted by atomic mass is 35.5. The maximum atomic E-state index is 12.0. The number of halogens is 1. The van der Waals surface area contributed by atoms with Crippen molar-refractivity contribution in [3.05, 3.63) is 21.3 Å². The number of carbonyl (C=O) groups excluding carboxylic acids is 2. The van der Waals surface area contributed by atoms with Gasteiger partial charge in [0.05, 0.1) is 15.8 Å². The zero-order valence-corrected chi connectivity index (χ0v) is 12.4. The molecule has 0 bridgehead atoms. The van der Waals surface area contributed by atoms with E-state index in [0.717, 1.165) is 25.9 Å². The molecule has 0 radical (unpaired) electrons. The van der Waals surface area contributed by atoms with E-state index in [0.29, 0.717) is 15.8 Å². The van der Waals surface area contributed by atoms with Crippen LogP contribution in [0.25, 0.3) is 0 Å². The molecule has 0 aliphatic carbocycles. The predicted octanol–water partition coefficient (Wildman–Crippen LogP) is 2.18. The Morgan fingerprint density at radius 3 is 2.63 bits per heavy atom. The summed E-state index contributed by atoms with van der Waals surface area (Å²) in [4.78, 5) is 25.8. The second-order valence-electron chi connectivity index (χ2n) is 4.78. The molecule has 19 heavy (non-hydrogen) atoms. The summed E-state index contributed by atoms with van der Waals surface area (Å²) >= 11 is 7.15. The number of thiophene rings is 1. The van der Waals surface area contributed by atoms with E-state index in [9.17, 15) is 9.59 Å². The minimum atomic E-state index is 0.0164. The summed E-state index contributed by atoms with van der Waals surface area (Å²) in [5.74, 6) is 0.137. The zero-order valence-electron chi connectivity index (χ0n) is 10.8. The summed E-state index contributed by atoms with van der Waals surface area (Å²) in [5.41, 5.74) is 0. The third-order valence-corrected chi connectivity index (χ3v) is 4.48. The molecule has 1 aliphatic heterocycles. The summed E-state index contributed by atoms with van der Waals surface area (Å²) in [6.07, 6.45) is 1.80. The molecule has 6 heteroatoms. The minimum Gasteiger partial charge on any atom is -0.354 e. The van der Waals surface area contributed by atoms with Crippen molar-refractivity contribution < 1.29 is 9.59 Å². The van der Waals surface area contributed by atoms with Gasteiger partial charge < -0.3 is 5.32 Å². The second kappa shape index (κ2) is 6.50. The van der Waals surface area contributed by atoms with E-state index in [-0.39, 0.29) is 17.7 Å². The van der Waals surface area contributed by atoms with Gasteiger partial charge in [-0.2, -0.15) is 0 Å². The Morgan fingerprint density at radius 2 is 2.11 bits per heavy atom. The van der Waals surface area contributed by atoms with Gasteiger partial charge in [-0.05, 0) is 25.0 Å². The maximum absolute atomic E-state index is 12.0. The normalized spacial score (nSPS) is 17.4. The van der Waals surface area contributed by atoms with Gasteiger partial charge in [0.1, 0.15) is 0 Å². The molecule has 2 rings (SSSR count). The lowest BCUT2D eigenvalue weighted by atomic mass is 10.0. The highest BCUT2D eigenvalue weighted by molar-refractivity contribution is 7.18. The Kier molecular flexibility index (Phi) is 4.96. The number of carbonyl (C=O) groups is 2. The largest absolute Gasteiger partial charge is 0.354 e. The van der Waals surface area contributed by atoms with Gasteiger partial charge in [0.15, 0.2) is 5.78 Å². The van der Waals surface area contributed by atoms with Gasteiger partial charge in [0.25, 0.3) is 0 Å². The lowest BCUT2D eigenvalue weighted by molar-refractivity contribution is -0.119. The quantitative estimate of drug-likeness (QED) is 0.867. The average molecular weight is 301 g/mol. The van der Waals surface area contributed by atoms with Crippen molar-refractivity contribution in [1.82, 2.24) is 10.2 Å². The topological polar surface area (TPSA) is 49.4 Å². The molecular formula is C13H17ClN2O2S. The smallest absolute Gasteiger partial charge is 0.217 e. The van der Waals surface area contributed by atoms with Crippen LogP contribution in [0.15, 0.2) is 12.1 Å². The van der Waals surface area contributed by atoms with E-state index in [1.165, 1.54) is 18.3 Å². The van der Waals surface area contributed by atoms with Crippen LogP contribution in [-0.2, 0) is 4.79 Å². The Labute approximate surface area is 121 Å². The molecular weight excluding hydrogens is 284 g/mol. The molecule has 0 aromatic carbocycles. The van der Waals surface area contributed by atoms with E-state index in [4.69, 9.17) is 11.6 Å². The van der Waals surface area contributed by atoms with Crippen LogP contribution in [0, 0.1) is 0 Å². The van der Waals surface area contributed by atoms with Gasteiger partial charge in [0, 0.05) is 26.1 Å². The number of rotatable bonds is 4. The number of hydrogen-bond acceptors (Lipinski definition) is 4. The molecule has 104 valence electrons. The predicted molar refractivity (Wildman–Crippen MR) is 76.9 cm³/mol. The van der Waals surface area contributed by atoms with Gasteiger partial charge in [-0.1, -0.05) is 11.6 Å². The van der Waals surface area contributed by atoms with E-state index in [1.54, 1.807) is 12.1 Å². The first-order valence-corrected chi connectivity index (χ1v) is 7.52. The van der Waals surface area contributed by atoms with Crippen molar-refractivity contribution >= 4 is 34.6 Å². The number of ketones is 1. The van der Waals surface area contributed by atoms with Gasteiger partial charge in [-0.3, -0.25) is 14.5 Å². The fraction of sp³-hybridized carbons (Fsp3) is 0.538. The molecule has 0 unspecified atom stereocenters. The second-order valence-corrected chi connectivity index (χ2v) is 6.49. The van der Waals surface area contributed by atoms with E-state index in [1.807, 2.05) is 0 Å². The Morgan fingerprint density at radius 1 is 1.42 bits per heavy atom. The number of likely N-dealkylation sites (tertiary alicyclic amines) is 1. The third-order valence-electron chi connectivity index (χ3n) is 3.21. The first-order valence-electron chi connectivity index (χ1n) is 6.32. The monoisotopic (exact) mass is 300 g/mol. The van der Waals surface area contributed by atoms with Crippen LogP contribution in [0.2, 0.25) is 4.34 Å². The number of amides is 1. The fourth-order valence-electron chi connectivity index (χ4n) is 2.27. The van der Waals surface area contributed by atoms with E-state index >= 15 is 0 Å². The molecule has 2 heterocycles. The van der Waals surface area contributed by atoms with E-state index < -0.39 is 0 Å². The summed E-state index contributed by atoms with van der Waals surface area (Å²) in [5, 5.41) is 2.92. The number of hydrogen-bond donors (Lipinski definition) is 1. The summed E-state index contributed by atoms with van der Waals surface area (Å²) in [6, 6.07) is 3.78. The van der Waals surface area contributed by atoms with Gasteiger partial charge in [0.2, 0.25) is 5.91 Å². The first-order chi connectivity index (χ1) is 9.04. The molecule has 1 saturated heterocycles. The summed E-state index contributed by atoms with van der Waals surface area (Å²) in [7, 11) is 0. The molecule has 0 atom stereocenters. The van der Waals surface area contributed by atoms with Crippen molar-refractivity contribution in [3.63, 3.8) is 0 Å². The molecule has 1 amide bonds. The molecule has 0 saturated carbocycles. The Balaban J connectivity index is 1.79. The average Bonchev–Trinajstić information content (AvgIpc) is 2.78. The maximum Gasteiger partial charge on any atom is 0.217 e. The van der Waals surface area contributed by atoms with Crippen molar-refractivity contribution in [1.29, 1.82) is 0 Å². The zero-order chi connectivity index (χ0) is 13.8. The number of piperidine rings is 1. The molecule has 4 nitrogen and oxygen atoms in total. The van der Waals surface area contributed by atoms with Gasteiger partial charge in [-0.25, -0.2) is 0 Å². The van der Waals surface area contributed by atoms with Crippen LogP contribution in [0.1, 0.15) is 29.4 Å². The third kappa shape index (κ3) is 4.30. The van der Waals surface area contributed by atoms with Crippen molar-refractivity contribution in [2.24, 2.45) is 0 Å².